The molecule has 2 fully saturated rings. The maximum atomic E-state index is 12.7. The van der Waals surface area contributed by atoms with Crippen LogP contribution in [0.2, 0.25) is 0 Å². The Morgan fingerprint density at radius 3 is 2.78 bits per heavy atom. The molecule has 23 heavy (non-hydrogen) atoms. The average molecular weight is 333 g/mol. The van der Waals surface area contributed by atoms with Gasteiger partial charge >= 0.3 is 5.97 Å². The van der Waals surface area contributed by atoms with Crippen molar-refractivity contribution in [2.75, 3.05) is 13.1 Å². The van der Waals surface area contributed by atoms with Crippen molar-refractivity contribution >= 4 is 28.2 Å². The van der Waals surface area contributed by atoms with Crippen LogP contribution in [0.3, 0.4) is 0 Å². The summed E-state index contributed by atoms with van der Waals surface area (Å²) in [5.41, 5.74) is -0.399. The van der Waals surface area contributed by atoms with Gasteiger partial charge in [0.1, 0.15) is 5.56 Å². The standard InChI is InChI=1S/C15H15N3O4S/c19-12(9-5-16-15-18(13(9)20)3-4-23-15)17-6-10(8-1-2-8)11(7-17)14(21)22/h3-5,8,10-11H,1-2,6-7H2,(H,21,22)/t10-,11+/m1/s1. The van der Waals surface area contributed by atoms with Crippen LogP contribution in [-0.2, 0) is 4.79 Å². The van der Waals surface area contributed by atoms with Gasteiger partial charge in [-0.25, -0.2) is 4.98 Å². The van der Waals surface area contributed by atoms with Crippen molar-refractivity contribution in [2.45, 2.75) is 12.8 Å². The van der Waals surface area contributed by atoms with E-state index >= 15 is 0 Å². The van der Waals surface area contributed by atoms with Gasteiger partial charge in [0.25, 0.3) is 11.5 Å². The van der Waals surface area contributed by atoms with Gasteiger partial charge in [0, 0.05) is 30.9 Å². The Bertz CT molecular complexity index is 854. The monoisotopic (exact) mass is 333 g/mol. The summed E-state index contributed by atoms with van der Waals surface area (Å²) in [7, 11) is 0. The fourth-order valence-corrected chi connectivity index (χ4v) is 4.07. The van der Waals surface area contributed by atoms with E-state index in [9.17, 15) is 19.5 Å². The molecule has 0 aromatic carbocycles. The van der Waals surface area contributed by atoms with Gasteiger partial charge in [-0.2, -0.15) is 0 Å². The second kappa shape index (κ2) is 5.16. The van der Waals surface area contributed by atoms with Gasteiger partial charge in [0.2, 0.25) is 0 Å². The van der Waals surface area contributed by atoms with E-state index in [2.05, 4.69) is 4.98 Å². The molecule has 3 heterocycles. The molecule has 2 aromatic heterocycles. The number of amides is 1. The Morgan fingerprint density at radius 1 is 1.30 bits per heavy atom. The van der Waals surface area contributed by atoms with Crippen LogP contribution in [0, 0.1) is 17.8 Å². The minimum absolute atomic E-state index is 0.00138. The maximum absolute atomic E-state index is 12.7. The van der Waals surface area contributed by atoms with Crippen molar-refractivity contribution in [1.29, 1.82) is 0 Å². The minimum atomic E-state index is -0.861. The third kappa shape index (κ3) is 2.33. The molecule has 0 unspecified atom stereocenters. The molecule has 2 aromatic rings. The molecule has 0 radical (unpaired) electrons. The summed E-state index contributed by atoms with van der Waals surface area (Å²) in [4.78, 5) is 42.7. The van der Waals surface area contributed by atoms with Crippen molar-refractivity contribution in [3.63, 3.8) is 0 Å². The number of nitrogens with zero attached hydrogens (tertiary/aromatic N) is 3. The van der Waals surface area contributed by atoms with E-state index in [0.717, 1.165) is 12.8 Å². The highest BCUT2D eigenvalue weighted by Crippen LogP contribution is 2.44. The van der Waals surface area contributed by atoms with Crippen LogP contribution < -0.4 is 5.56 Å². The zero-order chi connectivity index (χ0) is 16.1. The summed E-state index contributed by atoms with van der Waals surface area (Å²) in [6.07, 6.45) is 4.95. The Hall–Kier alpha value is -2.22. The van der Waals surface area contributed by atoms with E-state index in [1.165, 1.54) is 26.8 Å². The molecule has 1 N–H and O–H groups in total. The van der Waals surface area contributed by atoms with Crippen LogP contribution in [0.4, 0.5) is 0 Å². The normalized spacial score (nSPS) is 24.3. The Labute approximate surface area is 135 Å². The first-order chi connectivity index (χ1) is 11.1. The number of rotatable bonds is 3. The fraction of sp³-hybridized carbons (Fsp3) is 0.467. The van der Waals surface area contributed by atoms with Gasteiger partial charge in [0.15, 0.2) is 4.96 Å². The molecule has 2 atom stereocenters. The summed E-state index contributed by atoms with van der Waals surface area (Å²) in [5.74, 6) is -1.42. The molecule has 1 aliphatic heterocycles. The van der Waals surface area contributed by atoms with Crippen LogP contribution in [0.25, 0.3) is 4.96 Å². The number of fused-ring (bicyclic) bond motifs is 1. The van der Waals surface area contributed by atoms with E-state index in [1.54, 1.807) is 11.6 Å². The quantitative estimate of drug-likeness (QED) is 0.902. The largest absolute Gasteiger partial charge is 0.481 e. The van der Waals surface area contributed by atoms with E-state index in [0.29, 0.717) is 17.4 Å². The van der Waals surface area contributed by atoms with Crippen molar-refractivity contribution in [3.8, 4) is 0 Å². The summed E-state index contributed by atoms with van der Waals surface area (Å²) < 4.78 is 1.35. The van der Waals surface area contributed by atoms with Gasteiger partial charge in [-0.1, -0.05) is 0 Å². The number of carboxylic acid groups (broad SMARTS) is 1. The number of likely N-dealkylation sites (tertiary alicyclic amines) is 1. The van der Waals surface area contributed by atoms with Crippen LogP contribution in [0.15, 0.2) is 22.6 Å². The molecule has 1 aliphatic carbocycles. The zero-order valence-corrected chi connectivity index (χ0v) is 13.0. The second-order valence-corrected chi connectivity index (χ2v) is 7.06. The number of aliphatic carboxylic acids is 1. The molecule has 0 spiro atoms. The smallest absolute Gasteiger partial charge is 0.308 e. The highest BCUT2D eigenvalue weighted by molar-refractivity contribution is 7.15. The van der Waals surface area contributed by atoms with Crippen molar-refractivity contribution in [3.05, 3.63) is 33.7 Å². The topological polar surface area (TPSA) is 92.0 Å². The number of hydrogen-bond donors (Lipinski definition) is 1. The lowest BCUT2D eigenvalue weighted by atomic mass is 9.92. The van der Waals surface area contributed by atoms with Gasteiger partial charge in [-0.05, 0) is 24.7 Å². The van der Waals surface area contributed by atoms with Crippen LogP contribution in [-0.4, -0.2) is 44.4 Å². The third-order valence-corrected chi connectivity index (χ3v) is 5.54. The number of hydrogen-bond acceptors (Lipinski definition) is 5. The van der Waals surface area contributed by atoms with Gasteiger partial charge < -0.3 is 10.0 Å². The Kier molecular flexibility index (Phi) is 3.22. The molecular formula is C15H15N3O4S. The van der Waals surface area contributed by atoms with E-state index in [1.807, 2.05) is 0 Å². The molecule has 8 heteroatoms. The van der Waals surface area contributed by atoms with Gasteiger partial charge in [-0.15, -0.1) is 11.3 Å². The van der Waals surface area contributed by atoms with Crippen molar-refractivity contribution < 1.29 is 14.7 Å². The molecule has 0 bridgehead atoms. The third-order valence-electron chi connectivity index (χ3n) is 4.77. The molecule has 1 saturated heterocycles. The Balaban J connectivity index is 1.64. The molecule has 1 amide bonds. The van der Waals surface area contributed by atoms with Gasteiger partial charge in [0.05, 0.1) is 5.92 Å². The summed E-state index contributed by atoms with van der Waals surface area (Å²) in [6.45, 7) is 0.577. The molecule has 4 rings (SSSR count). The number of carbonyl (C=O) groups is 2. The molecular weight excluding hydrogens is 318 g/mol. The highest BCUT2D eigenvalue weighted by Gasteiger charge is 2.47. The fourth-order valence-electron chi connectivity index (χ4n) is 3.40. The molecule has 2 aliphatic rings. The number of aromatic nitrogens is 2. The maximum Gasteiger partial charge on any atom is 0.308 e. The number of thiazole rings is 1. The van der Waals surface area contributed by atoms with E-state index in [4.69, 9.17) is 0 Å². The summed E-state index contributed by atoms with van der Waals surface area (Å²) in [5, 5.41) is 11.1. The van der Waals surface area contributed by atoms with Crippen LogP contribution >= 0.6 is 11.3 Å². The van der Waals surface area contributed by atoms with Crippen molar-refractivity contribution in [2.24, 2.45) is 17.8 Å². The second-order valence-electron chi connectivity index (χ2n) is 6.19. The number of carboxylic acids is 1. The highest BCUT2D eigenvalue weighted by atomic mass is 32.1. The Morgan fingerprint density at radius 2 is 2.09 bits per heavy atom. The summed E-state index contributed by atoms with van der Waals surface area (Å²) in [6, 6.07) is 0. The van der Waals surface area contributed by atoms with Crippen molar-refractivity contribution in [1.82, 2.24) is 14.3 Å². The van der Waals surface area contributed by atoms with E-state index < -0.39 is 23.4 Å². The predicted molar refractivity (Wildman–Crippen MR) is 82.6 cm³/mol. The molecule has 120 valence electrons. The van der Waals surface area contributed by atoms with Gasteiger partial charge in [-0.3, -0.25) is 18.8 Å². The molecule has 1 saturated carbocycles. The number of carbonyl (C=O) groups excluding carboxylic acids is 1. The first-order valence-electron chi connectivity index (χ1n) is 7.53. The SMILES string of the molecule is O=C(O)[C@H]1CN(C(=O)c2cnc3sccn3c2=O)C[C@@H]1C1CC1. The zero-order valence-electron chi connectivity index (χ0n) is 12.2. The lowest BCUT2D eigenvalue weighted by Gasteiger charge is -2.15. The minimum Gasteiger partial charge on any atom is -0.481 e. The molecule has 7 nitrogen and oxygen atoms in total. The van der Waals surface area contributed by atoms with E-state index in [-0.39, 0.29) is 18.0 Å². The first-order valence-corrected chi connectivity index (χ1v) is 8.41. The van der Waals surface area contributed by atoms with Crippen LogP contribution in [0.1, 0.15) is 23.2 Å². The van der Waals surface area contributed by atoms with Crippen LogP contribution in [0.5, 0.6) is 0 Å². The first kappa shape index (κ1) is 14.4. The summed E-state index contributed by atoms with van der Waals surface area (Å²) >= 11 is 1.32. The lowest BCUT2D eigenvalue weighted by molar-refractivity contribution is -0.142. The predicted octanol–water partition coefficient (Wildman–Crippen LogP) is 0.939. The lowest BCUT2D eigenvalue weighted by Crippen LogP contribution is -2.35. The average Bonchev–Trinajstić information content (AvgIpc) is 3.09.